The normalized spacial score (nSPS) is 27.4. The molecule has 6 nitrogen and oxygen atoms in total. The summed E-state index contributed by atoms with van der Waals surface area (Å²) in [4.78, 5) is 25.1. The molecule has 0 aliphatic carbocycles. The van der Waals surface area contributed by atoms with E-state index in [2.05, 4.69) is 0 Å². The second kappa shape index (κ2) is 3.45. The van der Waals surface area contributed by atoms with Crippen molar-refractivity contribution >= 4 is 12.0 Å². The van der Waals surface area contributed by atoms with Gasteiger partial charge in [0.15, 0.2) is 0 Å². The van der Waals surface area contributed by atoms with Gasteiger partial charge in [-0.1, -0.05) is 0 Å². The molecule has 1 unspecified atom stereocenters. The molecule has 2 heterocycles. The molecule has 2 amide bonds. The van der Waals surface area contributed by atoms with Crippen LogP contribution < -0.4 is 0 Å². The predicted octanol–water partition coefficient (Wildman–Crippen LogP) is -0.793. The van der Waals surface area contributed by atoms with Gasteiger partial charge in [0.1, 0.15) is 6.61 Å². The van der Waals surface area contributed by atoms with Crippen molar-refractivity contribution in [2.75, 3.05) is 32.8 Å². The second-order valence-corrected chi connectivity index (χ2v) is 3.48. The molecule has 0 bridgehead atoms. The smallest absolute Gasteiger partial charge is 0.407 e. The highest BCUT2D eigenvalue weighted by atomic mass is 16.5. The van der Waals surface area contributed by atoms with Crippen molar-refractivity contribution in [3.05, 3.63) is 0 Å². The second-order valence-electron chi connectivity index (χ2n) is 3.48. The van der Waals surface area contributed by atoms with E-state index in [1.807, 2.05) is 0 Å². The highest BCUT2D eigenvalue weighted by Crippen LogP contribution is 2.14. The van der Waals surface area contributed by atoms with Gasteiger partial charge in [-0.3, -0.25) is 4.79 Å². The van der Waals surface area contributed by atoms with Gasteiger partial charge in [-0.2, -0.15) is 0 Å². The number of morpholine rings is 1. The molecule has 0 aromatic carbocycles. The lowest BCUT2D eigenvalue weighted by Crippen LogP contribution is -2.61. The molecule has 6 heteroatoms. The largest absolute Gasteiger partial charge is 0.465 e. The van der Waals surface area contributed by atoms with Crippen LogP contribution in [0.3, 0.4) is 0 Å². The SMILES string of the molecule is O=C(O)N1CCN2C(=O)COCC2C1. The number of amides is 2. The van der Waals surface area contributed by atoms with Gasteiger partial charge < -0.3 is 19.6 Å². The highest BCUT2D eigenvalue weighted by molar-refractivity contribution is 5.79. The Morgan fingerprint density at radius 2 is 2.29 bits per heavy atom. The summed E-state index contributed by atoms with van der Waals surface area (Å²) < 4.78 is 5.07. The molecule has 2 aliphatic rings. The van der Waals surface area contributed by atoms with E-state index in [1.165, 1.54) is 4.90 Å². The number of fused-ring (bicyclic) bond motifs is 1. The predicted molar refractivity (Wildman–Crippen MR) is 45.9 cm³/mol. The minimum absolute atomic E-state index is 0.0358. The number of piperazine rings is 1. The van der Waals surface area contributed by atoms with Crippen LogP contribution >= 0.6 is 0 Å². The van der Waals surface area contributed by atoms with Crippen LogP contribution in [-0.2, 0) is 9.53 Å². The molecule has 0 saturated carbocycles. The third-order valence-corrected chi connectivity index (χ3v) is 2.61. The Labute approximate surface area is 81.0 Å². The van der Waals surface area contributed by atoms with Gasteiger partial charge in [0, 0.05) is 19.6 Å². The Morgan fingerprint density at radius 3 is 3.00 bits per heavy atom. The lowest BCUT2D eigenvalue weighted by atomic mass is 10.1. The number of hydrogen-bond donors (Lipinski definition) is 1. The lowest BCUT2D eigenvalue weighted by Gasteiger charge is -2.42. The first kappa shape index (κ1) is 9.26. The van der Waals surface area contributed by atoms with Crippen LogP contribution in [0.1, 0.15) is 0 Å². The van der Waals surface area contributed by atoms with Crippen molar-refractivity contribution in [1.29, 1.82) is 0 Å². The van der Waals surface area contributed by atoms with E-state index in [-0.39, 0.29) is 18.6 Å². The summed E-state index contributed by atoms with van der Waals surface area (Å²) in [5.41, 5.74) is 0. The van der Waals surface area contributed by atoms with Crippen LogP contribution in [0.25, 0.3) is 0 Å². The zero-order chi connectivity index (χ0) is 10.1. The lowest BCUT2D eigenvalue weighted by molar-refractivity contribution is -0.151. The summed E-state index contributed by atoms with van der Waals surface area (Å²) >= 11 is 0. The maximum absolute atomic E-state index is 11.3. The molecule has 1 atom stereocenters. The zero-order valence-corrected chi connectivity index (χ0v) is 7.68. The van der Waals surface area contributed by atoms with Crippen LogP contribution in [0.5, 0.6) is 0 Å². The number of hydrogen-bond acceptors (Lipinski definition) is 3. The number of carbonyl (C=O) groups excluding carboxylic acids is 1. The quantitative estimate of drug-likeness (QED) is 0.556. The fourth-order valence-corrected chi connectivity index (χ4v) is 1.87. The van der Waals surface area contributed by atoms with E-state index in [0.717, 1.165) is 0 Å². The summed E-state index contributed by atoms with van der Waals surface area (Å²) in [7, 11) is 0. The van der Waals surface area contributed by atoms with Crippen molar-refractivity contribution < 1.29 is 19.4 Å². The average molecular weight is 200 g/mol. The number of carboxylic acid groups (broad SMARTS) is 1. The Balaban J connectivity index is 2.03. The van der Waals surface area contributed by atoms with Gasteiger partial charge in [-0.25, -0.2) is 4.79 Å². The van der Waals surface area contributed by atoms with Gasteiger partial charge >= 0.3 is 6.09 Å². The van der Waals surface area contributed by atoms with Crippen LogP contribution in [0, 0.1) is 0 Å². The standard InChI is InChI=1S/C8H12N2O4/c11-7-5-14-4-6-3-9(8(12)13)1-2-10(6)7/h6H,1-5H2,(H,12,13). The topological polar surface area (TPSA) is 70.1 Å². The highest BCUT2D eigenvalue weighted by Gasteiger charge is 2.35. The van der Waals surface area contributed by atoms with Gasteiger partial charge in [-0.05, 0) is 0 Å². The molecule has 0 radical (unpaired) electrons. The first-order valence-corrected chi connectivity index (χ1v) is 4.53. The molecule has 14 heavy (non-hydrogen) atoms. The molecule has 2 fully saturated rings. The summed E-state index contributed by atoms with van der Waals surface area (Å²) in [6.45, 7) is 1.82. The number of rotatable bonds is 0. The van der Waals surface area contributed by atoms with Crippen LogP contribution in [0.2, 0.25) is 0 Å². The third kappa shape index (κ3) is 1.52. The van der Waals surface area contributed by atoms with Gasteiger partial charge in [0.25, 0.3) is 0 Å². The molecule has 2 rings (SSSR count). The number of ether oxygens (including phenoxy) is 1. The molecule has 2 saturated heterocycles. The van der Waals surface area contributed by atoms with E-state index in [4.69, 9.17) is 9.84 Å². The van der Waals surface area contributed by atoms with Crippen molar-refractivity contribution in [1.82, 2.24) is 9.80 Å². The molecule has 78 valence electrons. The Hall–Kier alpha value is -1.30. The zero-order valence-electron chi connectivity index (χ0n) is 7.68. The van der Waals surface area contributed by atoms with E-state index in [9.17, 15) is 9.59 Å². The van der Waals surface area contributed by atoms with Crippen molar-refractivity contribution in [3.8, 4) is 0 Å². The Kier molecular flexibility index (Phi) is 2.28. The van der Waals surface area contributed by atoms with Crippen LogP contribution in [-0.4, -0.2) is 65.8 Å². The molecule has 1 N–H and O–H groups in total. The Morgan fingerprint density at radius 1 is 1.50 bits per heavy atom. The monoisotopic (exact) mass is 200 g/mol. The van der Waals surface area contributed by atoms with Gasteiger partial charge in [0.2, 0.25) is 5.91 Å². The fourth-order valence-electron chi connectivity index (χ4n) is 1.87. The summed E-state index contributed by atoms with van der Waals surface area (Å²) in [5, 5.41) is 8.78. The molecule has 0 aromatic rings. The average Bonchev–Trinajstić information content (AvgIpc) is 2.17. The van der Waals surface area contributed by atoms with Crippen LogP contribution in [0.4, 0.5) is 4.79 Å². The minimum atomic E-state index is -0.928. The first-order valence-electron chi connectivity index (χ1n) is 4.53. The van der Waals surface area contributed by atoms with Crippen molar-refractivity contribution in [2.24, 2.45) is 0 Å². The van der Waals surface area contributed by atoms with Gasteiger partial charge in [-0.15, -0.1) is 0 Å². The maximum Gasteiger partial charge on any atom is 0.407 e. The van der Waals surface area contributed by atoms with Crippen LogP contribution in [0.15, 0.2) is 0 Å². The number of carbonyl (C=O) groups is 2. The van der Waals surface area contributed by atoms with E-state index < -0.39 is 6.09 Å². The van der Waals surface area contributed by atoms with E-state index in [1.54, 1.807) is 4.90 Å². The maximum atomic E-state index is 11.3. The summed E-state index contributed by atoms with van der Waals surface area (Å²) in [5.74, 6) is -0.0358. The molecule has 2 aliphatic heterocycles. The molecular weight excluding hydrogens is 188 g/mol. The van der Waals surface area contributed by atoms with E-state index in [0.29, 0.717) is 26.2 Å². The third-order valence-electron chi connectivity index (χ3n) is 2.61. The molecule has 0 aromatic heterocycles. The van der Waals surface area contributed by atoms with E-state index >= 15 is 0 Å². The van der Waals surface area contributed by atoms with Crippen molar-refractivity contribution in [3.63, 3.8) is 0 Å². The Bertz CT molecular complexity index is 268. The minimum Gasteiger partial charge on any atom is -0.465 e. The molecular formula is C8H12N2O4. The first-order chi connectivity index (χ1) is 6.68. The fraction of sp³-hybridized carbons (Fsp3) is 0.750. The van der Waals surface area contributed by atoms with Crippen molar-refractivity contribution in [2.45, 2.75) is 6.04 Å². The molecule has 0 spiro atoms. The summed E-state index contributed by atoms with van der Waals surface area (Å²) in [6, 6.07) is -0.0962. The van der Waals surface area contributed by atoms with Gasteiger partial charge in [0.05, 0.1) is 12.6 Å². The number of nitrogens with zero attached hydrogens (tertiary/aromatic N) is 2. The summed E-state index contributed by atoms with van der Waals surface area (Å²) in [6.07, 6.45) is -0.928.